The topological polar surface area (TPSA) is 57.5 Å². The Hall–Kier alpha value is -0.990. The quantitative estimate of drug-likeness (QED) is 0.453. The monoisotopic (exact) mass is 143 g/mol. The molecule has 0 aromatic heterocycles. The lowest BCUT2D eigenvalue weighted by Gasteiger charge is -2.04. The second kappa shape index (κ2) is 3.25. The fourth-order valence-electron chi connectivity index (χ4n) is 0.479. The van der Waals surface area contributed by atoms with Gasteiger partial charge < -0.3 is 10.2 Å². The number of carbonyl (C=O) groups is 1. The predicted octanol–water partition coefficient (Wildman–Crippen LogP) is 1.37. The number of aliphatic hydroxyl groups excluding tert-OH is 1. The molecule has 0 aliphatic carbocycles. The van der Waals surface area contributed by atoms with Crippen molar-refractivity contribution in [1.29, 1.82) is 0 Å². The van der Waals surface area contributed by atoms with Crippen LogP contribution in [0.3, 0.4) is 0 Å². The summed E-state index contributed by atoms with van der Waals surface area (Å²) in [7, 11) is 0. The molecule has 0 fully saturated rings. The van der Waals surface area contributed by atoms with Crippen molar-refractivity contribution >= 4 is 5.97 Å². The van der Waals surface area contributed by atoms with Gasteiger partial charge >= 0.3 is 5.97 Å². The molecule has 1 radical (unpaired) electrons. The van der Waals surface area contributed by atoms with E-state index in [4.69, 9.17) is 10.2 Å². The highest BCUT2D eigenvalue weighted by atomic mass is 16.4. The molecule has 57 valence electrons. The van der Waals surface area contributed by atoms with E-state index in [1.807, 2.05) is 0 Å². The van der Waals surface area contributed by atoms with E-state index in [0.717, 1.165) is 0 Å². The second-order valence-corrected chi connectivity index (χ2v) is 2.22. The predicted molar refractivity (Wildman–Crippen MR) is 37.5 cm³/mol. The van der Waals surface area contributed by atoms with Crippen molar-refractivity contribution in [2.75, 3.05) is 0 Å². The molecule has 3 nitrogen and oxygen atoms in total. The summed E-state index contributed by atoms with van der Waals surface area (Å²) in [5.41, 5.74) is -0.0394. The van der Waals surface area contributed by atoms with Crippen LogP contribution in [-0.4, -0.2) is 16.2 Å². The van der Waals surface area contributed by atoms with Crippen LogP contribution in [-0.2, 0) is 4.79 Å². The lowest BCUT2D eigenvalue weighted by atomic mass is 10.1. The van der Waals surface area contributed by atoms with Gasteiger partial charge in [0.15, 0.2) is 0 Å². The Balaban J connectivity index is 4.50. The van der Waals surface area contributed by atoms with Crippen LogP contribution >= 0.6 is 0 Å². The smallest absolute Gasteiger partial charge is 0.334 e. The minimum Gasteiger partial charge on any atom is -0.511 e. The third-order valence-electron chi connectivity index (χ3n) is 1.17. The molecular weight excluding hydrogens is 132 g/mol. The highest BCUT2D eigenvalue weighted by molar-refractivity contribution is 5.86. The maximum atomic E-state index is 10.2. The highest BCUT2D eigenvalue weighted by Crippen LogP contribution is 2.10. The van der Waals surface area contributed by atoms with E-state index in [0.29, 0.717) is 0 Å². The fourth-order valence-corrected chi connectivity index (χ4v) is 0.479. The van der Waals surface area contributed by atoms with Crippen LogP contribution in [0.4, 0.5) is 0 Å². The Labute approximate surface area is 60.0 Å². The molecule has 10 heavy (non-hydrogen) atoms. The Kier molecular flexibility index (Phi) is 2.93. The van der Waals surface area contributed by atoms with Crippen LogP contribution in [0.5, 0.6) is 0 Å². The molecule has 1 atom stereocenters. The zero-order chi connectivity index (χ0) is 8.31. The van der Waals surface area contributed by atoms with Gasteiger partial charge in [0.1, 0.15) is 5.76 Å². The van der Waals surface area contributed by atoms with Gasteiger partial charge in [-0.1, -0.05) is 6.92 Å². The fraction of sp³-hybridized carbons (Fsp3) is 0.429. The van der Waals surface area contributed by atoms with E-state index in [1.165, 1.54) is 6.92 Å². The number of allylic oxidation sites excluding steroid dienone is 1. The van der Waals surface area contributed by atoms with Crippen molar-refractivity contribution in [2.45, 2.75) is 13.8 Å². The Bertz CT molecular complexity index is 168. The SMILES string of the molecule is [CH2]C(C)C(O)=C(C)C(=O)O. The van der Waals surface area contributed by atoms with Gasteiger partial charge in [-0.15, -0.1) is 0 Å². The third kappa shape index (κ3) is 2.09. The number of hydrogen-bond acceptors (Lipinski definition) is 2. The first-order chi connectivity index (χ1) is 4.46. The maximum absolute atomic E-state index is 10.2. The van der Waals surface area contributed by atoms with Crippen molar-refractivity contribution in [3.63, 3.8) is 0 Å². The van der Waals surface area contributed by atoms with Gasteiger partial charge in [0, 0.05) is 5.92 Å². The van der Waals surface area contributed by atoms with Gasteiger partial charge in [0.05, 0.1) is 5.57 Å². The third-order valence-corrected chi connectivity index (χ3v) is 1.17. The molecule has 0 saturated carbocycles. The number of rotatable bonds is 2. The van der Waals surface area contributed by atoms with Crippen LogP contribution in [0.25, 0.3) is 0 Å². The van der Waals surface area contributed by atoms with E-state index < -0.39 is 5.97 Å². The summed E-state index contributed by atoms with van der Waals surface area (Å²) in [5.74, 6) is -1.63. The summed E-state index contributed by atoms with van der Waals surface area (Å²) >= 11 is 0. The molecule has 0 rings (SSSR count). The molecule has 0 aromatic rings. The summed E-state index contributed by atoms with van der Waals surface area (Å²) < 4.78 is 0. The summed E-state index contributed by atoms with van der Waals surface area (Å²) in [6.45, 7) is 6.44. The molecule has 2 N–H and O–H groups in total. The van der Waals surface area contributed by atoms with E-state index in [2.05, 4.69) is 6.92 Å². The molecule has 0 heterocycles. The molecule has 1 unspecified atom stereocenters. The summed E-state index contributed by atoms with van der Waals surface area (Å²) in [6, 6.07) is 0. The van der Waals surface area contributed by atoms with E-state index in [1.54, 1.807) is 6.92 Å². The first kappa shape index (κ1) is 9.01. The molecule has 0 bridgehead atoms. The Morgan fingerprint density at radius 1 is 1.50 bits per heavy atom. The lowest BCUT2D eigenvalue weighted by Crippen LogP contribution is -2.05. The van der Waals surface area contributed by atoms with Gasteiger partial charge in [0.2, 0.25) is 0 Å². The first-order valence-electron chi connectivity index (χ1n) is 2.93. The minimum atomic E-state index is -1.10. The van der Waals surface area contributed by atoms with Crippen molar-refractivity contribution in [2.24, 2.45) is 5.92 Å². The van der Waals surface area contributed by atoms with Crippen LogP contribution in [0.1, 0.15) is 13.8 Å². The highest BCUT2D eigenvalue weighted by Gasteiger charge is 2.10. The molecule has 3 heteroatoms. The number of aliphatic carboxylic acids is 1. The molecule has 0 aromatic carbocycles. The van der Waals surface area contributed by atoms with Crippen LogP contribution < -0.4 is 0 Å². The summed E-state index contributed by atoms with van der Waals surface area (Å²) in [4.78, 5) is 10.2. The van der Waals surface area contributed by atoms with Gasteiger partial charge in [-0.25, -0.2) is 4.79 Å². The molecule has 0 aliphatic heterocycles. The molecule has 0 amide bonds. The van der Waals surface area contributed by atoms with E-state index in [-0.39, 0.29) is 17.3 Å². The van der Waals surface area contributed by atoms with E-state index >= 15 is 0 Å². The Morgan fingerprint density at radius 2 is 1.90 bits per heavy atom. The van der Waals surface area contributed by atoms with Crippen LogP contribution in [0.15, 0.2) is 11.3 Å². The van der Waals surface area contributed by atoms with Gasteiger partial charge in [-0.2, -0.15) is 0 Å². The number of hydrogen-bond donors (Lipinski definition) is 2. The average molecular weight is 143 g/mol. The van der Waals surface area contributed by atoms with Gasteiger partial charge in [-0.3, -0.25) is 0 Å². The molecule has 0 saturated heterocycles. The van der Waals surface area contributed by atoms with E-state index in [9.17, 15) is 4.79 Å². The second-order valence-electron chi connectivity index (χ2n) is 2.22. The Morgan fingerprint density at radius 3 is 2.00 bits per heavy atom. The van der Waals surface area contributed by atoms with Crippen molar-refractivity contribution in [3.05, 3.63) is 18.3 Å². The normalized spacial score (nSPS) is 13.2. The number of carboxylic acids is 1. The average Bonchev–Trinajstić information content (AvgIpc) is 1.84. The van der Waals surface area contributed by atoms with Crippen molar-refractivity contribution in [3.8, 4) is 0 Å². The van der Waals surface area contributed by atoms with Crippen LogP contribution in [0, 0.1) is 12.8 Å². The zero-order valence-electron chi connectivity index (χ0n) is 6.09. The number of aliphatic hydroxyl groups is 1. The van der Waals surface area contributed by atoms with Crippen molar-refractivity contribution < 1.29 is 15.0 Å². The van der Waals surface area contributed by atoms with Crippen LogP contribution in [0.2, 0.25) is 0 Å². The zero-order valence-corrected chi connectivity index (χ0v) is 6.09. The molecular formula is C7H11O3. The largest absolute Gasteiger partial charge is 0.511 e. The standard InChI is InChI=1S/C7H11O3/c1-4(2)6(8)5(3)7(9)10/h4,8H,1H2,2-3H3,(H,9,10). The first-order valence-corrected chi connectivity index (χ1v) is 2.93. The lowest BCUT2D eigenvalue weighted by molar-refractivity contribution is -0.132. The number of carboxylic acid groups (broad SMARTS) is 1. The summed E-state index contributed by atoms with van der Waals surface area (Å²) in [5, 5.41) is 17.4. The summed E-state index contributed by atoms with van der Waals surface area (Å²) in [6.07, 6.45) is 0. The van der Waals surface area contributed by atoms with Crippen molar-refractivity contribution in [1.82, 2.24) is 0 Å². The minimum absolute atomic E-state index is 0.0394. The van der Waals surface area contributed by atoms with Gasteiger partial charge in [-0.05, 0) is 13.8 Å². The van der Waals surface area contributed by atoms with Gasteiger partial charge in [0.25, 0.3) is 0 Å². The maximum Gasteiger partial charge on any atom is 0.334 e. The molecule has 0 aliphatic rings. The molecule has 0 spiro atoms.